The number of halogens is 3. The molecule has 1 atom stereocenters. The first-order valence-electron chi connectivity index (χ1n) is 7.04. The fourth-order valence-electron chi connectivity index (χ4n) is 2.53. The maximum atomic E-state index is 12.7. The van der Waals surface area contributed by atoms with Gasteiger partial charge in [0.25, 0.3) is 5.91 Å². The SMILES string of the molecule is O=C(NCC1COc2ccccc2C1)c1cn[nH]c1C(F)(F)F. The molecule has 23 heavy (non-hydrogen) atoms. The number of benzene rings is 1. The lowest BCUT2D eigenvalue weighted by molar-refractivity contribution is -0.141. The fraction of sp³-hybridized carbons (Fsp3) is 0.333. The van der Waals surface area contributed by atoms with Crippen LogP contribution in [0.25, 0.3) is 0 Å². The lowest BCUT2D eigenvalue weighted by Crippen LogP contribution is -2.35. The minimum absolute atomic E-state index is 0.00934. The van der Waals surface area contributed by atoms with Crippen molar-refractivity contribution in [2.45, 2.75) is 12.6 Å². The number of alkyl halides is 3. The summed E-state index contributed by atoms with van der Waals surface area (Å²) >= 11 is 0. The van der Waals surface area contributed by atoms with Gasteiger partial charge in [-0.2, -0.15) is 18.3 Å². The van der Waals surface area contributed by atoms with E-state index in [4.69, 9.17) is 4.74 Å². The lowest BCUT2D eigenvalue weighted by Gasteiger charge is -2.25. The molecule has 0 bridgehead atoms. The van der Waals surface area contributed by atoms with E-state index in [1.807, 2.05) is 29.4 Å². The first-order valence-corrected chi connectivity index (χ1v) is 7.04. The first-order chi connectivity index (χ1) is 10.9. The zero-order chi connectivity index (χ0) is 16.4. The summed E-state index contributed by atoms with van der Waals surface area (Å²) in [5, 5.41) is 7.64. The Morgan fingerprint density at radius 1 is 1.39 bits per heavy atom. The predicted octanol–water partition coefficient (Wildman–Crippen LogP) is 2.41. The second-order valence-electron chi connectivity index (χ2n) is 5.36. The zero-order valence-electron chi connectivity index (χ0n) is 12.0. The largest absolute Gasteiger partial charge is 0.493 e. The summed E-state index contributed by atoms with van der Waals surface area (Å²) < 4.78 is 43.8. The topological polar surface area (TPSA) is 67.0 Å². The van der Waals surface area contributed by atoms with Crippen LogP contribution in [0.1, 0.15) is 21.6 Å². The van der Waals surface area contributed by atoms with E-state index in [2.05, 4.69) is 10.4 Å². The molecule has 1 aliphatic rings. The van der Waals surface area contributed by atoms with Crippen LogP contribution in [-0.4, -0.2) is 29.3 Å². The molecule has 1 aromatic carbocycles. The van der Waals surface area contributed by atoms with Gasteiger partial charge in [-0.05, 0) is 18.1 Å². The van der Waals surface area contributed by atoms with E-state index in [-0.39, 0.29) is 12.5 Å². The normalized spacial score (nSPS) is 17.3. The van der Waals surface area contributed by atoms with Crippen LogP contribution in [0.4, 0.5) is 13.2 Å². The van der Waals surface area contributed by atoms with E-state index in [9.17, 15) is 18.0 Å². The van der Waals surface area contributed by atoms with Crippen LogP contribution >= 0.6 is 0 Å². The van der Waals surface area contributed by atoms with Crippen molar-refractivity contribution in [1.29, 1.82) is 0 Å². The van der Waals surface area contributed by atoms with Crippen LogP contribution in [0.2, 0.25) is 0 Å². The molecule has 8 heteroatoms. The van der Waals surface area contributed by atoms with Gasteiger partial charge in [-0.25, -0.2) is 0 Å². The van der Waals surface area contributed by atoms with E-state index < -0.39 is 23.3 Å². The zero-order valence-corrected chi connectivity index (χ0v) is 12.0. The number of nitrogens with one attached hydrogen (secondary N) is 2. The lowest BCUT2D eigenvalue weighted by atomic mass is 9.96. The molecule has 0 radical (unpaired) electrons. The maximum absolute atomic E-state index is 12.7. The summed E-state index contributed by atoms with van der Waals surface area (Å²) in [6.45, 7) is 0.643. The van der Waals surface area contributed by atoms with Crippen LogP contribution < -0.4 is 10.1 Å². The number of para-hydroxylation sites is 1. The number of amides is 1. The van der Waals surface area contributed by atoms with Crippen LogP contribution in [-0.2, 0) is 12.6 Å². The van der Waals surface area contributed by atoms with E-state index in [1.54, 1.807) is 0 Å². The summed E-state index contributed by atoms with van der Waals surface area (Å²) in [6, 6.07) is 7.56. The molecule has 5 nitrogen and oxygen atoms in total. The number of H-pyrrole nitrogens is 1. The quantitative estimate of drug-likeness (QED) is 0.911. The van der Waals surface area contributed by atoms with Crippen LogP contribution in [0.3, 0.4) is 0 Å². The second-order valence-corrected chi connectivity index (χ2v) is 5.36. The van der Waals surface area contributed by atoms with Crippen LogP contribution in [0, 0.1) is 5.92 Å². The highest BCUT2D eigenvalue weighted by Crippen LogP contribution is 2.30. The van der Waals surface area contributed by atoms with Gasteiger partial charge >= 0.3 is 6.18 Å². The van der Waals surface area contributed by atoms with Gasteiger partial charge in [-0.15, -0.1) is 0 Å². The van der Waals surface area contributed by atoms with Gasteiger partial charge in [0, 0.05) is 12.5 Å². The van der Waals surface area contributed by atoms with Crippen molar-refractivity contribution in [3.05, 3.63) is 47.3 Å². The molecule has 0 aliphatic carbocycles. The summed E-state index contributed by atoms with van der Waals surface area (Å²) in [6.07, 6.45) is -3.06. The molecule has 1 aliphatic heterocycles. The minimum atomic E-state index is -4.64. The Morgan fingerprint density at radius 2 is 2.17 bits per heavy atom. The average molecular weight is 325 g/mol. The monoisotopic (exact) mass is 325 g/mol. The Hall–Kier alpha value is -2.51. The summed E-state index contributed by atoms with van der Waals surface area (Å²) in [5.41, 5.74) is -0.618. The number of rotatable bonds is 3. The number of nitrogens with zero attached hydrogens (tertiary/aromatic N) is 1. The van der Waals surface area contributed by atoms with E-state index in [0.717, 1.165) is 17.5 Å². The summed E-state index contributed by atoms with van der Waals surface area (Å²) in [7, 11) is 0. The molecular weight excluding hydrogens is 311 g/mol. The predicted molar refractivity (Wildman–Crippen MR) is 75.1 cm³/mol. The number of aromatic amines is 1. The highest BCUT2D eigenvalue weighted by molar-refractivity contribution is 5.95. The van der Waals surface area contributed by atoms with E-state index in [1.165, 1.54) is 0 Å². The van der Waals surface area contributed by atoms with Crippen molar-refractivity contribution in [1.82, 2.24) is 15.5 Å². The van der Waals surface area contributed by atoms with Crippen molar-refractivity contribution >= 4 is 5.91 Å². The summed E-state index contributed by atoms with van der Waals surface area (Å²) in [5.74, 6) is 0.0179. The van der Waals surface area contributed by atoms with Crippen molar-refractivity contribution in [2.24, 2.45) is 5.92 Å². The van der Waals surface area contributed by atoms with Gasteiger partial charge in [0.2, 0.25) is 0 Å². The number of carbonyl (C=O) groups excluding carboxylic acids is 1. The third-order valence-corrected chi connectivity index (χ3v) is 3.67. The van der Waals surface area contributed by atoms with Gasteiger partial charge in [-0.3, -0.25) is 9.89 Å². The minimum Gasteiger partial charge on any atom is -0.493 e. The van der Waals surface area contributed by atoms with Gasteiger partial charge in [0.15, 0.2) is 5.69 Å². The van der Waals surface area contributed by atoms with Gasteiger partial charge < -0.3 is 10.1 Å². The first kappa shape index (κ1) is 15.4. The Morgan fingerprint density at radius 3 is 2.96 bits per heavy atom. The number of hydrogen-bond donors (Lipinski definition) is 2. The Labute approximate surface area is 129 Å². The van der Waals surface area contributed by atoms with Crippen LogP contribution in [0.15, 0.2) is 30.5 Å². The number of aromatic nitrogens is 2. The number of fused-ring (bicyclic) bond motifs is 1. The maximum Gasteiger partial charge on any atom is 0.433 e. The standard InChI is InChI=1S/C15H14F3N3O2/c16-15(17,18)13-11(7-20-21-13)14(22)19-6-9-5-10-3-1-2-4-12(10)23-8-9/h1-4,7,9H,5-6,8H2,(H,19,22)(H,20,21). The molecule has 2 heterocycles. The molecule has 0 saturated carbocycles. The van der Waals surface area contributed by atoms with Crippen molar-refractivity contribution in [3.63, 3.8) is 0 Å². The molecule has 2 N–H and O–H groups in total. The van der Waals surface area contributed by atoms with Crippen molar-refractivity contribution in [3.8, 4) is 5.75 Å². The Balaban J connectivity index is 1.62. The molecular formula is C15H14F3N3O2. The van der Waals surface area contributed by atoms with Gasteiger partial charge in [0.05, 0.1) is 18.4 Å². The molecule has 3 rings (SSSR count). The van der Waals surface area contributed by atoms with Gasteiger partial charge in [-0.1, -0.05) is 18.2 Å². The highest BCUT2D eigenvalue weighted by atomic mass is 19.4. The Bertz CT molecular complexity index is 712. The second kappa shape index (κ2) is 5.94. The number of hydrogen-bond acceptors (Lipinski definition) is 3. The van der Waals surface area contributed by atoms with Crippen molar-refractivity contribution < 1.29 is 22.7 Å². The van der Waals surface area contributed by atoms with Crippen molar-refractivity contribution in [2.75, 3.05) is 13.2 Å². The third kappa shape index (κ3) is 3.30. The van der Waals surface area contributed by atoms with Crippen LogP contribution in [0.5, 0.6) is 5.75 Å². The third-order valence-electron chi connectivity index (χ3n) is 3.67. The van der Waals surface area contributed by atoms with E-state index in [0.29, 0.717) is 13.0 Å². The molecule has 2 aromatic rings. The molecule has 0 fully saturated rings. The molecule has 0 saturated heterocycles. The number of ether oxygens (including phenoxy) is 1. The van der Waals surface area contributed by atoms with Gasteiger partial charge in [0.1, 0.15) is 5.75 Å². The smallest absolute Gasteiger partial charge is 0.433 e. The highest BCUT2D eigenvalue weighted by Gasteiger charge is 2.37. The molecule has 122 valence electrons. The average Bonchev–Trinajstić information content (AvgIpc) is 3.02. The molecule has 1 aromatic heterocycles. The fourth-order valence-corrected chi connectivity index (χ4v) is 2.53. The summed E-state index contributed by atoms with van der Waals surface area (Å²) in [4.78, 5) is 11.9. The molecule has 1 amide bonds. The molecule has 1 unspecified atom stereocenters. The number of carbonyl (C=O) groups is 1. The van der Waals surface area contributed by atoms with E-state index >= 15 is 0 Å². The molecule has 0 spiro atoms. The Kier molecular flexibility index (Phi) is 3.97.